The van der Waals surface area contributed by atoms with Crippen LogP contribution in [0.2, 0.25) is 0 Å². The molecule has 0 unspecified atom stereocenters. The van der Waals surface area contributed by atoms with Crippen LogP contribution in [0.15, 0.2) is 18.2 Å². The lowest BCUT2D eigenvalue weighted by Gasteiger charge is -2.14. The monoisotopic (exact) mass is 241 g/mol. The molecule has 18 heavy (non-hydrogen) atoms. The smallest absolute Gasteiger partial charge is 0.234 e. The zero-order valence-corrected chi connectivity index (χ0v) is 10.7. The molecule has 0 radical (unpaired) electrons. The van der Waals surface area contributed by atoms with Gasteiger partial charge < -0.3 is 10.3 Å². The minimum atomic E-state index is -0.477. The minimum Gasteiger partial charge on any atom is -0.338 e. The summed E-state index contributed by atoms with van der Waals surface area (Å²) in [6, 6.07) is 3.95. The predicted octanol–water partition coefficient (Wildman–Crippen LogP) is 2.83. The number of allylic oxidation sites excluding steroid dienone is 1. The van der Waals surface area contributed by atoms with E-state index in [4.69, 9.17) is 0 Å². The molecule has 0 fully saturated rings. The number of benzene rings is 1. The Kier molecular flexibility index (Phi) is 2.11. The topological polar surface area (TPSA) is 57.8 Å². The van der Waals surface area contributed by atoms with Crippen LogP contribution in [-0.4, -0.2) is 15.9 Å². The summed E-state index contributed by atoms with van der Waals surface area (Å²) >= 11 is 0. The van der Waals surface area contributed by atoms with Crippen molar-refractivity contribution in [3.63, 3.8) is 0 Å². The van der Waals surface area contributed by atoms with Gasteiger partial charge in [0.25, 0.3) is 0 Å². The van der Waals surface area contributed by atoms with Gasteiger partial charge in [0, 0.05) is 5.69 Å². The van der Waals surface area contributed by atoms with Gasteiger partial charge in [0.15, 0.2) is 0 Å². The van der Waals surface area contributed by atoms with Crippen LogP contribution in [-0.2, 0) is 10.2 Å². The van der Waals surface area contributed by atoms with Gasteiger partial charge in [0.05, 0.1) is 16.4 Å². The first kappa shape index (κ1) is 11.0. The van der Waals surface area contributed by atoms with Crippen LogP contribution in [0.3, 0.4) is 0 Å². The Morgan fingerprint density at radius 1 is 1.33 bits per heavy atom. The van der Waals surface area contributed by atoms with Crippen molar-refractivity contribution in [2.24, 2.45) is 0 Å². The summed E-state index contributed by atoms with van der Waals surface area (Å²) in [5, 5.41) is 2.91. The van der Waals surface area contributed by atoms with Crippen molar-refractivity contribution in [1.82, 2.24) is 9.97 Å². The van der Waals surface area contributed by atoms with Gasteiger partial charge in [-0.2, -0.15) is 0 Å². The molecule has 1 aromatic heterocycles. The number of anilines is 1. The Morgan fingerprint density at radius 2 is 2.11 bits per heavy atom. The fourth-order valence-electron chi connectivity index (χ4n) is 2.33. The summed E-state index contributed by atoms with van der Waals surface area (Å²) in [4.78, 5) is 19.6. The molecule has 4 heteroatoms. The summed E-state index contributed by atoms with van der Waals surface area (Å²) in [6.07, 6.45) is 3.87. The lowest BCUT2D eigenvalue weighted by atomic mass is 9.86. The van der Waals surface area contributed by atoms with Crippen LogP contribution in [0.5, 0.6) is 0 Å². The van der Waals surface area contributed by atoms with E-state index in [0.29, 0.717) is 0 Å². The number of H-pyrrole nitrogens is 1. The number of rotatable bonds is 1. The number of hydrogen-bond donors (Lipinski definition) is 2. The van der Waals surface area contributed by atoms with Crippen molar-refractivity contribution in [3.8, 4) is 0 Å². The number of amides is 1. The average molecular weight is 241 g/mol. The van der Waals surface area contributed by atoms with Gasteiger partial charge in [-0.25, -0.2) is 4.98 Å². The van der Waals surface area contributed by atoms with Gasteiger partial charge in [-0.15, -0.1) is 0 Å². The fourth-order valence-corrected chi connectivity index (χ4v) is 2.33. The van der Waals surface area contributed by atoms with Crippen molar-refractivity contribution in [2.75, 3.05) is 5.32 Å². The summed E-state index contributed by atoms with van der Waals surface area (Å²) < 4.78 is 0. The highest BCUT2D eigenvalue weighted by Crippen LogP contribution is 2.39. The Morgan fingerprint density at radius 3 is 2.83 bits per heavy atom. The number of nitrogens with one attached hydrogen (secondary N) is 2. The Balaban J connectivity index is 2.23. The van der Waals surface area contributed by atoms with E-state index in [-0.39, 0.29) is 5.91 Å². The quantitative estimate of drug-likeness (QED) is 0.806. The van der Waals surface area contributed by atoms with Crippen LogP contribution >= 0.6 is 0 Å². The van der Waals surface area contributed by atoms with Gasteiger partial charge >= 0.3 is 0 Å². The number of hydrogen-bond acceptors (Lipinski definition) is 2. The SMILES string of the molecule is CC=Cc1nc2cc3c(cc2[nH]1)C(C)(C)C(=O)N3. The number of carbonyl (C=O) groups is 1. The van der Waals surface area contributed by atoms with E-state index in [0.717, 1.165) is 28.1 Å². The maximum Gasteiger partial charge on any atom is 0.234 e. The lowest BCUT2D eigenvalue weighted by molar-refractivity contribution is -0.119. The van der Waals surface area contributed by atoms with E-state index in [2.05, 4.69) is 15.3 Å². The summed E-state index contributed by atoms with van der Waals surface area (Å²) in [7, 11) is 0. The van der Waals surface area contributed by atoms with Gasteiger partial charge in [-0.1, -0.05) is 6.08 Å². The highest BCUT2D eigenvalue weighted by molar-refractivity contribution is 6.07. The van der Waals surface area contributed by atoms with E-state index in [1.165, 1.54) is 0 Å². The summed E-state index contributed by atoms with van der Waals surface area (Å²) in [5.74, 6) is 0.874. The van der Waals surface area contributed by atoms with Gasteiger partial charge in [-0.3, -0.25) is 4.79 Å². The van der Waals surface area contributed by atoms with Crippen molar-refractivity contribution in [3.05, 3.63) is 29.6 Å². The normalized spacial score (nSPS) is 17.4. The molecule has 4 nitrogen and oxygen atoms in total. The molecule has 2 N–H and O–H groups in total. The Hall–Kier alpha value is -2.10. The largest absolute Gasteiger partial charge is 0.338 e. The molecule has 2 heterocycles. The maximum absolute atomic E-state index is 11.9. The second-order valence-corrected chi connectivity index (χ2v) is 5.12. The Labute approximate surface area is 105 Å². The number of aromatic amines is 1. The van der Waals surface area contributed by atoms with E-state index < -0.39 is 5.41 Å². The van der Waals surface area contributed by atoms with Crippen LogP contribution in [0.1, 0.15) is 32.2 Å². The summed E-state index contributed by atoms with van der Waals surface area (Å²) in [5.41, 5.74) is 3.26. The molecule has 1 aliphatic heterocycles. The number of fused-ring (bicyclic) bond motifs is 2. The molecule has 92 valence electrons. The van der Waals surface area contributed by atoms with Gasteiger partial charge in [0.1, 0.15) is 5.82 Å². The zero-order chi connectivity index (χ0) is 12.9. The molecule has 0 aliphatic carbocycles. The van der Waals surface area contributed by atoms with Crippen LogP contribution in [0, 0.1) is 0 Å². The third-order valence-electron chi connectivity index (χ3n) is 3.45. The number of carbonyl (C=O) groups excluding carboxylic acids is 1. The molecular weight excluding hydrogens is 226 g/mol. The number of nitrogens with zero attached hydrogens (tertiary/aromatic N) is 1. The Bertz CT molecular complexity index is 680. The van der Waals surface area contributed by atoms with Gasteiger partial charge in [-0.05, 0) is 44.5 Å². The van der Waals surface area contributed by atoms with Crippen molar-refractivity contribution < 1.29 is 4.79 Å². The minimum absolute atomic E-state index is 0.0406. The van der Waals surface area contributed by atoms with Crippen molar-refractivity contribution in [1.29, 1.82) is 0 Å². The van der Waals surface area contributed by atoms with E-state index in [9.17, 15) is 4.79 Å². The second kappa shape index (κ2) is 3.45. The molecule has 1 aliphatic rings. The molecule has 0 spiro atoms. The molecule has 3 rings (SSSR count). The first-order valence-corrected chi connectivity index (χ1v) is 6.01. The first-order valence-electron chi connectivity index (χ1n) is 6.01. The molecule has 1 aromatic carbocycles. The highest BCUT2D eigenvalue weighted by Gasteiger charge is 2.38. The third kappa shape index (κ3) is 1.38. The molecule has 0 atom stereocenters. The lowest BCUT2D eigenvalue weighted by Crippen LogP contribution is -2.26. The molecule has 0 saturated heterocycles. The van der Waals surface area contributed by atoms with E-state index in [1.54, 1.807) is 0 Å². The second-order valence-electron chi connectivity index (χ2n) is 5.12. The predicted molar refractivity (Wildman–Crippen MR) is 72.5 cm³/mol. The molecule has 2 aromatic rings. The van der Waals surface area contributed by atoms with Crippen molar-refractivity contribution in [2.45, 2.75) is 26.2 Å². The van der Waals surface area contributed by atoms with Crippen LogP contribution < -0.4 is 5.32 Å². The average Bonchev–Trinajstić information content (AvgIpc) is 2.77. The van der Waals surface area contributed by atoms with E-state index in [1.807, 2.05) is 45.1 Å². The fraction of sp³-hybridized carbons (Fsp3) is 0.286. The zero-order valence-electron chi connectivity index (χ0n) is 10.7. The molecule has 0 saturated carbocycles. The number of aromatic nitrogens is 2. The van der Waals surface area contributed by atoms with Crippen LogP contribution in [0.4, 0.5) is 5.69 Å². The van der Waals surface area contributed by atoms with Crippen molar-refractivity contribution >= 4 is 28.7 Å². The molecule has 0 bridgehead atoms. The van der Waals surface area contributed by atoms with Crippen LogP contribution in [0.25, 0.3) is 17.1 Å². The number of imidazole rings is 1. The standard InChI is InChI=1S/C14H15N3O/c1-4-5-12-15-10-6-8-9(7-11(10)16-12)17-13(18)14(8,2)3/h4-7H,1-3H3,(H,15,16)(H,17,18). The molecular formula is C14H15N3O. The molecule has 1 amide bonds. The highest BCUT2D eigenvalue weighted by atomic mass is 16.2. The maximum atomic E-state index is 11.9. The first-order chi connectivity index (χ1) is 8.52. The third-order valence-corrected chi connectivity index (χ3v) is 3.45. The summed E-state index contributed by atoms with van der Waals surface area (Å²) in [6.45, 7) is 5.82. The van der Waals surface area contributed by atoms with Gasteiger partial charge in [0.2, 0.25) is 5.91 Å². The van der Waals surface area contributed by atoms with E-state index >= 15 is 0 Å².